The number of unbranched alkanes of at least 4 members (excludes halogenated alkanes) is 1. The molecule has 4 rings (SSSR count). The summed E-state index contributed by atoms with van der Waals surface area (Å²) >= 11 is 0. The highest BCUT2D eigenvalue weighted by atomic mass is 19.4. The number of rotatable bonds is 5. The van der Waals surface area contributed by atoms with Crippen LogP contribution in [0, 0.1) is 40.4 Å². The Balaban J connectivity index is 1.36. The standard InChI is InChI=1S/C25H41F3O2/c1-23-14-12-21-19(9-7-17-15-18(29)11-13-24(17,21)2)20(23)10-8-16(23)5-3-4-6-22(30)25(26,27)28/h16-22,29-30H,3-15H2,1-2H3/t16-,17?,18?,19-,20?,21?,22?,23?,24-/m0/s1. The van der Waals surface area contributed by atoms with E-state index in [0.717, 1.165) is 43.4 Å². The largest absolute Gasteiger partial charge is 0.414 e. The van der Waals surface area contributed by atoms with Gasteiger partial charge in [-0.1, -0.05) is 26.7 Å². The number of hydrogen-bond acceptors (Lipinski definition) is 2. The predicted octanol–water partition coefficient (Wildman–Crippen LogP) is 6.49. The Labute approximate surface area is 180 Å². The molecule has 6 unspecified atom stereocenters. The van der Waals surface area contributed by atoms with E-state index in [1.807, 2.05) is 0 Å². The summed E-state index contributed by atoms with van der Waals surface area (Å²) < 4.78 is 37.6. The topological polar surface area (TPSA) is 40.5 Å². The molecule has 0 aliphatic heterocycles. The zero-order valence-corrected chi connectivity index (χ0v) is 18.8. The molecule has 4 aliphatic carbocycles. The number of fused-ring (bicyclic) bond motifs is 5. The third kappa shape index (κ3) is 3.95. The van der Waals surface area contributed by atoms with Gasteiger partial charge in [0.1, 0.15) is 6.10 Å². The summed E-state index contributed by atoms with van der Waals surface area (Å²) in [7, 11) is 0. The second kappa shape index (κ2) is 8.24. The van der Waals surface area contributed by atoms with Crippen molar-refractivity contribution < 1.29 is 23.4 Å². The van der Waals surface area contributed by atoms with Gasteiger partial charge in [0, 0.05) is 0 Å². The molecule has 4 saturated carbocycles. The molecule has 5 heteroatoms. The van der Waals surface area contributed by atoms with Crippen molar-refractivity contribution >= 4 is 0 Å². The lowest BCUT2D eigenvalue weighted by molar-refractivity contribution is -0.205. The van der Waals surface area contributed by atoms with E-state index in [1.54, 1.807) is 0 Å². The summed E-state index contributed by atoms with van der Waals surface area (Å²) in [6.07, 6.45) is 6.16. The Hall–Kier alpha value is -0.290. The lowest BCUT2D eigenvalue weighted by atomic mass is 9.44. The summed E-state index contributed by atoms with van der Waals surface area (Å²) in [5.41, 5.74) is 0.747. The van der Waals surface area contributed by atoms with Crippen molar-refractivity contribution in [3.05, 3.63) is 0 Å². The average molecular weight is 431 g/mol. The number of alkyl halides is 3. The van der Waals surface area contributed by atoms with Crippen LogP contribution in [0.5, 0.6) is 0 Å². The van der Waals surface area contributed by atoms with Crippen molar-refractivity contribution in [2.75, 3.05) is 0 Å². The van der Waals surface area contributed by atoms with Crippen molar-refractivity contribution in [1.82, 2.24) is 0 Å². The second-order valence-corrected chi connectivity index (χ2v) is 11.7. The quantitative estimate of drug-likeness (QED) is 0.490. The molecule has 2 nitrogen and oxygen atoms in total. The maximum absolute atomic E-state index is 12.5. The van der Waals surface area contributed by atoms with E-state index in [-0.39, 0.29) is 12.5 Å². The highest BCUT2D eigenvalue weighted by Crippen LogP contribution is 2.67. The molecule has 0 radical (unpaired) electrons. The Morgan fingerprint density at radius 3 is 2.33 bits per heavy atom. The van der Waals surface area contributed by atoms with Gasteiger partial charge in [-0.3, -0.25) is 0 Å². The minimum Gasteiger partial charge on any atom is -0.393 e. The van der Waals surface area contributed by atoms with Gasteiger partial charge >= 0.3 is 6.18 Å². The highest BCUT2D eigenvalue weighted by molar-refractivity contribution is 5.09. The first-order valence-electron chi connectivity index (χ1n) is 12.5. The molecule has 0 spiro atoms. The van der Waals surface area contributed by atoms with Gasteiger partial charge in [0.2, 0.25) is 0 Å². The van der Waals surface area contributed by atoms with Crippen molar-refractivity contribution in [3.63, 3.8) is 0 Å². The Kier molecular flexibility index (Phi) is 6.29. The third-order valence-electron chi connectivity index (χ3n) is 10.5. The van der Waals surface area contributed by atoms with E-state index in [2.05, 4.69) is 13.8 Å². The molecule has 30 heavy (non-hydrogen) atoms. The summed E-state index contributed by atoms with van der Waals surface area (Å²) in [6.45, 7) is 5.00. The Bertz CT molecular complexity index is 608. The minimum atomic E-state index is -4.48. The third-order valence-corrected chi connectivity index (χ3v) is 10.5. The first kappa shape index (κ1) is 22.9. The average Bonchev–Trinajstić information content (AvgIpc) is 3.01. The molecule has 0 bridgehead atoms. The number of hydrogen-bond donors (Lipinski definition) is 2. The van der Waals surface area contributed by atoms with Crippen LogP contribution >= 0.6 is 0 Å². The number of aliphatic hydroxyl groups excluding tert-OH is 2. The van der Waals surface area contributed by atoms with Gasteiger partial charge in [0.15, 0.2) is 0 Å². The molecule has 0 aromatic heterocycles. The van der Waals surface area contributed by atoms with Crippen molar-refractivity contribution in [1.29, 1.82) is 0 Å². The van der Waals surface area contributed by atoms with Crippen LogP contribution in [0.3, 0.4) is 0 Å². The van der Waals surface area contributed by atoms with E-state index in [1.165, 1.54) is 44.9 Å². The van der Waals surface area contributed by atoms with Crippen LogP contribution in [0.4, 0.5) is 13.2 Å². The van der Waals surface area contributed by atoms with Crippen molar-refractivity contribution in [2.24, 2.45) is 40.4 Å². The first-order chi connectivity index (χ1) is 14.1. The molecule has 174 valence electrons. The van der Waals surface area contributed by atoms with E-state index in [9.17, 15) is 23.4 Å². The van der Waals surface area contributed by atoms with Crippen molar-refractivity contribution in [2.45, 2.75) is 116 Å². The molecule has 9 atom stereocenters. The fraction of sp³-hybridized carbons (Fsp3) is 1.00. The SMILES string of the molecule is CC12CCC3[C@@H](CCC4CC(O)CC[C@@]43C)C1CC[C@@H]2CCCCC(O)C(F)(F)F. The molecule has 2 N–H and O–H groups in total. The molecular formula is C25H41F3O2. The van der Waals surface area contributed by atoms with Crippen LogP contribution in [0.1, 0.15) is 97.3 Å². The highest BCUT2D eigenvalue weighted by Gasteiger charge is 2.59. The molecule has 0 aromatic rings. The summed E-state index contributed by atoms with van der Waals surface area (Å²) in [6, 6.07) is 0. The normalized spacial score (nSPS) is 47.3. The molecule has 0 amide bonds. The first-order valence-corrected chi connectivity index (χ1v) is 12.5. The Morgan fingerprint density at radius 2 is 1.60 bits per heavy atom. The van der Waals surface area contributed by atoms with Gasteiger partial charge in [0.05, 0.1) is 6.10 Å². The maximum atomic E-state index is 12.5. The van der Waals surface area contributed by atoms with Gasteiger partial charge in [-0.2, -0.15) is 13.2 Å². The van der Waals surface area contributed by atoms with Gasteiger partial charge < -0.3 is 10.2 Å². The molecule has 4 aliphatic rings. The van der Waals surface area contributed by atoms with Crippen LogP contribution in [0.2, 0.25) is 0 Å². The number of halogens is 3. The van der Waals surface area contributed by atoms with Crippen LogP contribution in [-0.4, -0.2) is 28.6 Å². The molecule has 0 heterocycles. The molecule has 0 aromatic carbocycles. The summed E-state index contributed by atoms with van der Waals surface area (Å²) in [5.74, 6) is 3.68. The molecular weight excluding hydrogens is 389 g/mol. The van der Waals surface area contributed by atoms with Crippen LogP contribution in [0.25, 0.3) is 0 Å². The molecule has 0 saturated heterocycles. The van der Waals surface area contributed by atoms with Crippen molar-refractivity contribution in [3.8, 4) is 0 Å². The summed E-state index contributed by atoms with van der Waals surface area (Å²) in [5, 5.41) is 19.4. The van der Waals surface area contributed by atoms with Gasteiger partial charge in [0.25, 0.3) is 0 Å². The van der Waals surface area contributed by atoms with Gasteiger partial charge in [-0.15, -0.1) is 0 Å². The van der Waals surface area contributed by atoms with E-state index >= 15 is 0 Å². The monoisotopic (exact) mass is 430 g/mol. The fourth-order valence-electron chi connectivity index (χ4n) is 8.71. The zero-order valence-electron chi connectivity index (χ0n) is 18.8. The summed E-state index contributed by atoms with van der Waals surface area (Å²) in [4.78, 5) is 0. The molecule has 4 fully saturated rings. The second-order valence-electron chi connectivity index (χ2n) is 11.7. The zero-order chi connectivity index (χ0) is 21.7. The predicted molar refractivity (Wildman–Crippen MR) is 112 cm³/mol. The smallest absolute Gasteiger partial charge is 0.393 e. The van der Waals surface area contributed by atoms with Crippen LogP contribution in [0.15, 0.2) is 0 Å². The lowest BCUT2D eigenvalue weighted by Crippen LogP contribution is -2.53. The van der Waals surface area contributed by atoms with Gasteiger partial charge in [-0.05, 0) is 111 Å². The Morgan fingerprint density at radius 1 is 0.900 bits per heavy atom. The van der Waals surface area contributed by atoms with Crippen LogP contribution in [-0.2, 0) is 0 Å². The maximum Gasteiger partial charge on any atom is 0.414 e. The van der Waals surface area contributed by atoms with E-state index < -0.39 is 12.3 Å². The fourth-order valence-corrected chi connectivity index (χ4v) is 8.71. The number of aliphatic hydroxyl groups is 2. The lowest BCUT2D eigenvalue weighted by Gasteiger charge is -2.61. The van der Waals surface area contributed by atoms with Gasteiger partial charge in [-0.25, -0.2) is 0 Å². The van der Waals surface area contributed by atoms with E-state index in [4.69, 9.17) is 0 Å². The van der Waals surface area contributed by atoms with E-state index in [0.29, 0.717) is 29.1 Å². The van der Waals surface area contributed by atoms with Crippen LogP contribution < -0.4 is 0 Å². The minimum absolute atomic E-state index is 0.0970.